The van der Waals surface area contributed by atoms with Crippen LogP contribution in [0.25, 0.3) is 0 Å². The van der Waals surface area contributed by atoms with E-state index in [9.17, 15) is 4.79 Å². The summed E-state index contributed by atoms with van der Waals surface area (Å²) in [5.74, 6) is 0.379. The van der Waals surface area contributed by atoms with E-state index in [4.69, 9.17) is 15.1 Å². The maximum atomic E-state index is 10.4. The van der Waals surface area contributed by atoms with Gasteiger partial charge in [-0.1, -0.05) is 0 Å². The molecule has 0 bridgehead atoms. The molecule has 2 N–H and O–H groups in total. The molecule has 1 amide bonds. The molecule has 5 heteroatoms. The molecule has 0 radical (unpaired) electrons. The quantitative estimate of drug-likeness (QED) is 0.516. The van der Waals surface area contributed by atoms with Crippen LogP contribution in [0.4, 0.5) is 4.79 Å². The van der Waals surface area contributed by atoms with Crippen molar-refractivity contribution in [3.05, 3.63) is 0 Å². The SMILES string of the molecule is CC(CC1CCOC1)N(O)C(=O)O. The van der Waals surface area contributed by atoms with E-state index in [0.29, 0.717) is 24.0 Å². The Kier molecular flexibility index (Phi) is 3.50. The van der Waals surface area contributed by atoms with Gasteiger partial charge in [0.2, 0.25) is 0 Å². The van der Waals surface area contributed by atoms with E-state index >= 15 is 0 Å². The number of hydrogen-bond donors (Lipinski definition) is 2. The van der Waals surface area contributed by atoms with Crippen molar-refractivity contribution in [2.75, 3.05) is 13.2 Å². The molecule has 1 aliphatic heterocycles. The molecule has 0 spiro atoms. The Morgan fingerprint density at radius 3 is 2.92 bits per heavy atom. The molecular weight excluding hydrogens is 174 g/mol. The van der Waals surface area contributed by atoms with Gasteiger partial charge in [0.1, 0.15) is 0 Å². The Labute approximate surface area is 76.9 Å². The van der Waals surface area contributed by atoms with Crippen LogP contribution in [0.15, 0.2) is 0 Å². The highest BCUT2D eigenvalue weighted by molar-refractivity contribution is 5.63. The number of rotatable bonds is 3. The summed E-state index contributed by atoms with van der Waals surface area (Å²) in [4.78, 5) is 10.4. The van der Waals surface area contributed by atoms with Crippen molar-refractivity contribution in [3.63, 3.8) is 0 Å². The van der Waals surface area contributed by atoms with Crippen LogP contribution in [0.2, 0.25) is 0 Å². The number of ether oxygens (including phenoxy) is 1. The molecule has 76 valence electrons. The lowest BCUT2D eigenvalue weighted by molar-refractivity contribution is -0.0962. The van der Waals surface area contributed by atoms with Crippen LogP contribution in [-0.2, 0) is 4.74 Å². The summed E-state index contributed by atoms with van der Waals surface area (Å²) in [5, 5.41) is 17.9. The van der Waals surface area contributed by atoms with Gasteiger partial charge in [0, 0.05) is 13.2 Å². The fraction of sp³-hybridized carbons (Fsp3) is 0.875. The van der Waals surface area contributed by atoms with Gasteiger partial charge >= 0.3 is 6.09 Å². The van der Waals surface area contributed by atoms with Crippen LogP contribution in [-0.4, -0.2) is 40.7 Å². The third kappa shape index (κ3) is 2.86. The third-order valence-electron chi connectivity index (χ3n) is 2.31. The number of hydroxylamine groups is 2. The van der Waals surface area contributed by atoms with Crippen LogP contribution in [0.5, 0.6) is 0 Å². The molecule has 13 heavy (non-hydrogen) atoms. The van der Waals surface area contributed by atoms with Crippen LogP contribution in [0.3, 0.4) is 0 Å². The summed E-state index contributed by atoms with van der Waals surface area (Å²) in [7, 11) is 0. The minimum absolute atomic E-state index is 0.357. The summed E-state index contributed by atoms with van der Waals surface area (Å²) in [5.41, 5.74) is 0. The zero-order valence-electron chi connectivity index (χ0n) is 7.64. The third-order valence-corrected chi connectivity index (χ3v) is 2.31. The number of nitrogens with zero attached hydrogens (tertiary/aromatic N) is 1. The number of carboxylic acid groups (broad SMARTS) is 1. The van der Waals surface area contributed by atoms with E-state index < -0.39 is 6.09 Å². The highest BCUT2D eigenvalue weighted by Gasteiger charge is 2.23. The van der Waals surface area contributed by atoms with E-state index in [1.165, 1.54) is 0 Å². The number of carbonyl (C=O) groups is 1. The topological polar surface area (TPSA) is 70.0 Å². The lowest BCUT2D eigenvalue weighted by Gasteiger charge is -2.21. The molecule has 0 aromatic heterocycles. The molecule has 1 rings (SSSR count). The van der Waals surface area contributed by atoms with E-state index in [1.807, 2.05) is 0 Å². The lowest BCUT2D eigenvalue weighted by Crippen LogP contribution is -2.35. The van der Waals surface area contributed by atoms with E-state index in [0.717, 1.165) is 13.0 Å². The lowest BCUT2D eigenvalue weighted by atomic mass is 10.0. The Morgan fingerprint density at radius 1 is 1.77 bits per heavy atom. The summed E-state index contributed by atoms with van der Waals surface area (Å²) >= 11 is 0. The predicted octanol–water partition coefficient (Wildman–Crippen LogP) is 1.17. The Hall–Kier alpha value is -0.810. The second kappa shape index (κ2) is 4.43. The van der Waals surface area contributed by atoms with Crippen molar-refractivity contribution in [2.45, 2.75) is 25.8 Å². The monoisotopic (exact) mass is 189 g/mol. The smallest absolute Gasteiger partial charge is 0.431 e. The van der Waals surface area contributed by atoms with Crippen LogP contribution in [0, 0.1) is 5.92 Å². The van der Waals surface area contributed by atoms with E-state index in [-0.39, 0.29) is 6.04 Å². The first-order valence-corrected chi connectivity index (χ1v) is 4.40. The maximum Gasteiger partial charge on any atom is 0.431 e. The molecule has 1 fully saturated rings. The highest BCUT2D eigenvalue weighted by Crippen LogP contribution is 2.19. The molecule has 1 aliphatic rings. The first-order valence-electron chi connectivity index (χ1n) is 4.40. The van der Waals surface area contributed by atoms with Gasteiger partial charge in [0.15, 0.2) is 0 Å². The fourth-order valence-corrected chi connectivity index (χ4v) is 1.54. The Balaban J connectivity index is 2.30. The van der Waals surface area contributed by atoms with Crippen molar-refractivity contribution in [1.82, 2.24) is 5.06 Å². The molecule has 2 unspecified atom stereocenters. The molecule has 0 aromatic rings. The Bertz CT molecular complexity index is 179. The fourth-order valence-electron chi connectivity index (χ4n) is 1.54. The summed E-state index contributed by atoms with van der Waals surface area (Å²) < 4.78 is 5.15. The molecule has 0 aliphatic carbocycles. The van der Waals surface area contributed by atoms with Gasteiger partial charge in [-0.25, -0.2) is 4.79 Å². The van der Waals surface area contributed by atoms with Gasteiger partial charge in [-0.05, 0) is 25.7 Å². The number of amides is 1. The average Bonchev–Trinajstić information content (AvgIpc) is 2.55. The molecule has 0 saturated carbocycles. The zero-order valence-corrected chi connectivity index (χ0v) is 7.64. The largest absolute Gasteiger partial charge is 0.463 e. The number of hydrogen-bond acceptors (Lipinski definition) is 3. The molecule has 0 aromatic carbocycles. The first-order chi connectivity index (χ1) is 6.11. The Morgan fingerprint density at radius 2 is 2.46 bits per heavy atom. The molecule has 1 heterocycles. The van der Waals surface area contributed by atoms with Gasteiger partial charge in [-0.3, -0.25) is 5.21 Å². The first kappa shape index (κ1) is 10.3. The minimum atomic E-state index is -1.30. The van der Waals surface area contributed by atoms with Crippen LogP contribution < -0.4 is 0 Å². The minimum Gasteiger partial charge on any atom is -0.463 e. The zero-order chi connectivity index (χ0) is 9.84. The normalized spacial score (nSPS) is 24.3. The second-order valence-electron chi connectivity index (χ2n) is 3.44. The second-order valence-corrected chi connectivity index (χ2v) is 3.44. The van der Waals surface area contributed by atoms with E-state index in [2.05, 4.69) is 0 Å². The molecular formula is C8H15NO4. The standard InChI is InChI=1S/C8H15NO4/c1-6(9(12)8(10)11)4-7-2-3-13-5-7/h6-7,12H,2-5H2,1H3,(H,10,11). The van der Waals surface area contributed by atoms with Gasteiger partial charge in [-0.2, -0.15) is 5.06 Å². The summed E-state index contributed by atoms with van der Waals surface area (Å²) in [6.07, 6.45) is 0.312. The van der Waals surface area contributed by atoms with E-state index in [1.54, 1.807) is 6.92 Å². The predicted molar refractivity (Wildman–Crippen MR) is 44.7 cm³/mol. The molecule has 1 saturated heterocycles. The van der Waals surface area contributed by atoms with Gasteiger partial charge in [-0.15, -0.1) is 0 Å². The van der Waals surface area contributed by atoms with Crippen molar-refractivity contribution >= 4 is 6.09 Å². The van der Waals surface area contributed by atoms with Gasteiger partial charge < -0.3 is 9.84 Å². The summed E-state index contributed by atoms with van der Waals surface area (Å²) in [6.45, 7) is 3.11. The average molecular weight is 189 g/mol. The highest BCUT2D eigenvalue weighted by atomic mass is 16.6. The van der Waals surface area contributed by atoms with Gasteiger partial charge in [0.05, 0.1) is 6.04 Å². The van der Waals surface area contributed by atoms with Crippen molar-refractivity contribution in [1.29, 1.82) is 0 Å². The van der Waals surface area contributed by atoms with Crippen LogP contribution in [0.1, 0.15) is 19.8 Å². The molecule has 5 nitrogen and oxygen atoms in total. The van der Waals surface area contributed by atoms with Crippen molar-refractivity contribution < 1.29 is 19.8 Å². The maximum absolute atomic E-state index is 10.4. The van der Waals surface area contributed by atoms with Crippen LogP contribution >= 0.6 is 0 Å². The summed E-state index contributed by atoms with van der Waals surface area (Å²) in [6, 6.07) is -0.357. The van der Waals surface area contributed by atoms with Crippen molar-refractivity contribution in [2.24, 2.45) is 5.92 Å². The molecule has 2 atom stereocenters. The van der Waals surface area contributed by atoms with Crippen molar-refractivity contribution in [3.8, 4) is 0 Å². The van der Waals surface area contributed by atoms with Gasteiger partial charge in [0.25, 0.3) is 0 Å².